The van der Waals surface area contributed by atoms with Gasteiger partial charge in [-0.3, -0.25) is 0 Å². The maximum absolute atomic E-state index is 6.10. The Kier molecular flexibility index (Phi) is 3.32. The lowest BCUT2D eigenvalue weighted by Gasteiger charge is -2.06. The van der Waals surface area contributed by atoms with Gasteiger partial charge in [0, 0.05) is 17.4 Å². The number of rotatable bonds is 3. The summed E-state index contributed by atoms with van der Waals surface area (Å²) in [6.45, 7) is 0.614. The smallest absolute Gasteiger partial charge is 0.137 e. The molecular weight excluding hydrogens is 281 g/mol. The normalized spacial score (nSPS) is 10.8. The minimum Gasteiger partial charge on any atom is -0.378 e. The lowest BCUT2D eigenvalue weighted by Crippen LogP contribution is -2.00. The second-order valence-electron chi connectivity index (χ2n) is 4.18. The van der Waals surface area contributed by atoms with Crippen LogP contribution in [0.2, 0.25) is 10.0 Å². The van der Waals surface area contributed by atoms with E-state index in [-0.39, 0.29) is 0 Å². The molecule has 0 fully saturated rings. The van der Waals surface area contributed by atoms with Gasteiger partial charge in [0.2, 0.25) is 0 Å². The molecule has 0 unspecified atom stereocenters. The van der Waals surface area contributed by atoms with Crippen molar-refractivity contribution in [2.24, 2.45) is 0 Å². The number of nitrogens with zero attached hydrogens (tertiary/aromatic N) is 2. The Morgan fingerprint density at radius 2 is 2.05 bits per heavy atom. The van der Waals surface area contributed by atoms with Crippen LogP contribution in [0.5, 0.6) is 0 Å². The minimum absolute atomic E-state index is 0.608. The predicted molar refractivity (Wildman–Crippen MR) is 79.0 cm³/mol. The molecule has 3 aromatic rings. The molecule has 0 saturated heterocycles. The third-order valence-corrected chi connectivity index (χ3v) is 3.35. The van der Waals surface area contributed by atoms with Gasteiger partial charge in [-0.1, -0.05) is 29.3 Å². The Morgan fingerprint density at radius 1 is 1.16 bits per heavy atom. The number of hydrogen-bond donors (Lipinski definition) is 1. The molecule has 96 valence electrons. The monoisotopic (exact) mass is 291 g/mol. The highest BCUT2D eigenvalue weighted by molar-refractivity contribution is 6.36. The summed E-state index contributed by atoms with van der Waals surface area (Å²) in [6.07, 6.45) is 3.97. The van der Waals surface area contributed by atoms with Crippen molar-refractivity contribution in [2.75, 3.05) is 5.32 Å². The first-order valence-corrected chi connectivity index (χ1v) is 6.59. The molecular formula is C14H11Cl2N3. The fourth-order valence-electron chi connectivity index (χ4n) is 1.89. The van der Waals surface area contributed by atoms with Crippen molar-refractivity contribution in [3.05, 3.63) is 64.5 Å². The van der Waals surface area contributed by atoms with E-state index in [0.717, 1.165) is 17.0 Å². The third kappa shape index (κ3) is 2.67. The minimum atomic E-state index is 0.608. The van der Waals surface area contributed by atoms with Crippen LogP contribution in [0.3, 0.4) is 0 Å². The van der Waals surface area contributed by atoms with Crippen LogP contribution in [0.4, 0.5) is 5.69 Å². The quantitative estimate of drug-likeness (QED) is 0.781. The van der Waals surface area contributed by atoms with Gasteiger partial charge in [-0.25, -0.2) is 4.98 Å². The summed E-state index contributed by atoms with van der Waals surface area (Å²) in [7, 11) is 0. The van der Waals surface area contributed by atoms with Gasteiger partial charge in [0.25, 0.3) is 0 Å². The number of pyridine rings is 1. The first-order chi connectivity index (χ1) is 9.22. The SMILES string of the molecule is Clc1ccc(NCc2cn3ccccc3n2)c(Cl)c1. The van der Waals surface area contributed by atoms with Crippen LogP contribution in [0.15, 0.2) is 48.8 Å². The number of benzene rings is 1. The van der Waals surface area contributed by atoms with Crippen molar-refractivity contribution < 1.29 is 0 Å². The molecule has 0 atom stereocenters. The summed E-state index contributed by atoms with van der Waals surface area (Å²) < 4.78 is 1.99. The molecule has 3 nitrogen and oxygen atoms in total. The number of fused-ring (bicyclic) bond motifs is 1. The molecule has 2 aromatic heterocycles. The Bertz CT molecular complexity index is 689. The van der Waals surface area contributed by atoms with E-state index in [1.165, 1.54) is 0 Å². The van der Waals surface area contributed by atoms with Crippen LogP contribution >= 0.6 is 23.2 Å². The fourth-order valence-corrected chi connectivity index (χ4v) is 2.37. The number of imidazole rings is 1. The van der Waals surface area contributed by atoms with E-state index in [4.69, 9.17) is 23.2 Å². The number of halogens is 2. The van der Waals surface area contributed by atoms with Crippen molar-refractivity contribution in [3.8, 4) is 0 Å². The van der Waals surface area contributed by atoms with Crippen molar-refractivity contribution in [1.82, 2.24) is 9.38 Å². The van der Waals surface area contributed by atoms with E-state index in [0.29, 0.717) is 16.6 Å². The van der Waals surface area contributed by atoms with Crippen LogP contribution in [0.25, 0.3) is 5.65 Å². The molecule has 5 heteroatoms. The Hall–Kier alpha value is -1.71. The van der Waals surface area contributed by atoms with E-state index in [2.05, 4.69) is 10.3 Å². The van der Waals surface area contributed by atoms with E-state index >= 15 is 0 Å². The zero-order valence-electron chi connectivity index (χ0n) is 9.98. The van der Waals surface area contributed by atoms with Crippen molar-refractivity contribution >= 4 is 34.5 Å². The molecule has 0 saturated carbocycles. The van der Waals surface area contributed by atoms with Crippen molar-refractivity contribution in [1.29, 1.82) is 0 Å². The van der Waals surface area contributed by atoms with Crippen LogP contribution in [-0.4, -0.2) is 9.38 Å². The number of nitrogens with one attached hydrogen (secondary N) is 1. The van der Waals surface area contributed by atoms with Gasteiger partial charge in [0.1, 0.15) is 5.65 Å². The molecule has 0 spiro atoms. The van der Waals surface area contributed by atoms with Gasteiger partial charge in [-0.15, -0.1) is 0 Å². The second kappa shape index (κ2) is 5.11. The van der Waals surface area contributed by atoms with E-state index in [1.807, 2.05) is 41.1 Å². The Balaban J connectivity index is 1.78. The zero-order chi connectivity index (χ0) is 13.2. The molecule has 3 rings (SSSR count). The molecule has 1 N–H and O–H groups in total. The van der Waals surface area contributed by atoms with Gasteiger partial charge < -0.3 is 9.72 Å². The molecule has 0 aliphatic rings. The molecule has 0 amide bonds. The summed E-state index contributed by atoms with van der Waals surface area (Å²) in [5.41, 5.74) is 2.74. The number of anilines is 1. The maximum atomic E-state index is 6.10. The van der Waals surface area contributed by atoms with Gasteiger partial charge >= 0.3 is 0 Å². The van der Waals surface area contributed by atoms with E-state index in [9.17, 15) is 0 Å². The summed E-state index contributed by atoms with van der Waals surface area (Å²) >= 11 is 12.0. The highest BCUT2D eigenvalue weighted by atomic mass is 35.5. The summed E-state index contributed by atoms with van der Waals surface area (Å²) in [4.78, 5) is 4.51. The lowest BCUT2D eigenvalue weighted by molar-refractivity contribution is 1.08. The fraction of sp³-hybridized carbons (Fsp3) is 0.0714. The van der Waals surface area contributed by atoms with Gasteiger partial charge in [-0.2, -0.15) is 0 Å². The van der Waals surface area contributed by atoms with E-state index in [1.54, 1.807) is 12.1 Å². The first-order valence-electron chi connectivity index (χ1n) is 5.84. The zero-order valence-corrected chi connectivity index (χ0v) is 11.5. The largest absolute Gasteiger partial charge is 0.378 e. The molecule has 0 bridgehead atoms. The molecule has 0 radical (unpaired) electrons. The van der Waals surface area contributed by atoms with E-state index < -0.39 is 0 Å². The average molecular weight is 292 g/mol. The Morgan fingerprint density at radius 3 is 2.84 bits per heavy atom. The average Bonchev–Trinajstić information content (AvgIpc) is 2.80. The van der Waals surface area contributed by atoms with Crippen LogP contribution in [0.1, 0.15) is 5.69 Å². The van der Waals surface area contributed by atoms with Gasteiger partial charge in [0.15, 0.2) is 0 Å². The van der Waals surface area contributed by atoms with Crippen molar-refractivity contribution in [2.45, 2.75) is 6.54 Å². The second-order valence-corrected chi connectivity index (χ2v) is 5.02. The topological polar surface area (TPSA) is 29.3 Å². The number of hydrogen-bond acceptors (Lipinski definition) is 2. The highest BCUT2D eigenvalue weighted by Gasteiger charge is 2.03. The standard InChI is InChI=1S/C14H11Cl2N3/c15-10-4-5-13(12(16)7-10)17-8-11-9-19-6-2-1-3-14(19)18-11/h1-7,9,17H,8H2. The van der Waals surface area contributed by atoms with Crippen molar-refractivity contribution in [3.63, 3.8) is 0 Å². The maximum Gasteiger partial charge on any atom is 0.137 e. The first kappa shape index (κ1) is 12.3. The Labute approximate surface area is 120 Å². The predicted octanol–water partition coefficient (Wildman–Crippen LogP) is 4.25. The van der Waals surface area contributed by atoms with Gasteiger partial charge in [-0.05, 0) is 30.3 Å². The molecule has 1 aromatic carbocycles. The summed E-state index contributed by atoms with van der Waals surface area (Å²) in [6, 6.07) is 11.3. The molecule has 19 heavy (non-hydrogen) atoms. The number of aromatic nitrogens is 2. The molecule has 2 heterocycles. The summed E-state index contributed by atoms with van der Waals surface area (Å²) in [5, 5.41) is 4.49. The third-order valence-electron chi connectivity index (χ3n) is 2.80. The molecule has 0 aliphatic carbocycles. The van der Waals surface area contributed by atoms with Crippen LogP contribution < -0.4 is 5.32 Å². The van der Waals surface area contributed by atoms with Crippen LogP contribution in [0, 0.1) is 0 Å². The molecule has 0 aliphatic heterocycles. The van der Waals surface area contributed by atoms with Crippen LogP contribution in [-0.2, 0) is 6.54 Å². The highest BCUT2D eigenvalue weighted by Crippen LogP contribution is 2.25. The summed E-state index contributed by atoms with van der Waals surface area (Å²) in [5.74, 6) is 0. The lowest BCUT2D eigenvalue weighted by atomic mass is 10.3. The van der Waals surface area contributed by atoms with Gasteiger partial charge in [0.05, 0.1) is 22.9 Å².